The third-order valence-electron chi connectivity index (χ3n) is 2.82. The molecular formula is C8H19N3. The zero-order chi connectivity index (χ0) is 8.54. The van der Waals surface area contributed by atoms with Gasteiger partial charge in [-0.05, 0) is 19.8 Å². The van der Waals surface area contributed by atoms with Crippen LogP contribution in [0.15, 0.2) is 0 Å². The van der Waals surface area contributed by atoms with Crippen LogP contribution in [0.25, 0.3) is 0 Å². The van der Waals surface area contributed by atoms with Crippen molar-refractivity contribution in [2.45, 2.75) is 50.2 Å². The highest BCUT2D eigenvalue weighted by atomic mass is 15.0. The molecule has 1 aliphatic carbocycles. The van der Waals surface area contributed by atoms with Gasteiger partial charge >= 0.3 is 0 Å². The Morgan fingerprint density at radius 2 is 1.55 bits per heavy atom. The van der Waals surface area contributed by atoms with Crippen LogP contribution in [-0.4, -0.2) is 11.2 Å². The van der Waals surface area contributed by atoms with Crippen molar-refractivity contribution in [1.82, 2.24) is 0 Å². The van der Waals surface area contributed by atoms with Gasteiger partial charge in [0.25, 0.3) is 0 Å². The molecule has 0 amide bonds. The fraction of sp³-hybridized carbons (Fsp3) is 1.00. The molecule has 3 heteroatoms. The van der Waals surface area contributed by atoms with Crippen molar-refractivity contribution in [1.29, 1.82) is 0 Å². The Balaban J connectivity index is 2.64. The number of rotatable bonds is 1. The smallest absolute Gasteiger partial charge is 0.0792 e. The summed E-state index contributed by atoms with van der Waals surface area (Å²) < 4.78 is 0. The number of hydrogen-bond donors (Lipinski definition) is 3. The zero-order valence-electron chi connectivity index (χ0n) is 7.27. The summed E-state index contributed by atoms with van der Waals surface area (Å²) in [5.41, 5.74) is 16.6. The van der Waals surface area contributed by atoms with Crippen LogP contribution < -0.4 is 17.2 Å². The minimum Gasteiger partial charge on any atom is -0.322 e. The van der Waals surface area contributed by atoms with Crippen LogP contribution in [0.2, 0.25) is 0 Å². The van der Waals surface area contributed by atoms with E-state index in [2.05, 4.69) is 0 Å². The maximum atomic E-state index is 6.09. The van der Waals surface area contributed by atoms with Crippen LogP contribution in [0, 0.1) is 0 Å². The molecule has 1 rings (SSSR count). The second-order valence-corrected chi connectivity index (χ2v) is 4.00. The van der Waals surface area contributed by atoms with E-state index in [1.165, 1.54) is 19.3 Å². The second-order valence-electron chi connectivity index (χ2n) is 4.00. The van der Waals surface area contributed by atoms with E-state index >= 15 is 0 Å². The largest absolute Gasteiger partial charge is 0.322 e. The SMILES string of the molecule is CC(N)(N)C1(N)CCCCC1. The molecule has 0 saturated heterocycles. The highest BCUT2D eigenvalue weighted by molar-refractivity contribution is 5.01. The molecule has 11 heavy (non-hydrogen) atoms. The normalized spacial score (nSPS) is 25.1. The number of nitrogens with two attached hydrogens (primary N) is 3. The first kappa shape index (κ1) is 8.97. The summed E-state index contributed by atoms with van der Waals surface area (Å²) in [6.07, 6.45) is 5.54. The maximum Gasteiger partial charge on any atom is 0.0792 e. The lowest BCUT2D eigenvalue weighted by molar-refractivity contribution is 0.178. The van der Waals surface area contributed by atoms with Gasteiger partial charge in [0, 0.05) is 5.54 Å². The lowest BCUT2D eigenvalue weighted by Crippen LogP contribution is -2.70. The van der Waals surface area contributed by atoms with Crippen LogP contribution in [0.3, 0.4) is 0 Å². The van der Waals surface area contributed by atoms with Crippen molar-refractivity contribution in [2.24, 2.45) is 17.2 Å². The van der Waals surface area contributed by atoms with Crippen molar-refractivity contribution in [3.63, 3.8) is 0 Å². The van der Waals surface area contributed by atoms with E-state index in [0.717, 1.165) is 12.8 Å². The molecule has 66 valence electrons. The molecule has 0 unspecified atom stereocenters. The molecule has 0 heterocycles. The summed E-state index contributed by atoms with van der Waals surface area (Å²) >= 11 is 0. The summed E-state index contributed by atoms with van der Waals surface area (Å²) in [5.74, 6) is 0. The van der Waals surface area contributed by atoms with Gasteiger partial charge in [0.15, 0.2) is 0 Å². The van der Waals surface area contributed by atoms with Gasteiger partial charge in [0.05, 0.1) is 5.66 Å². The first-order valence-electron chi connectivity index (χ1n) is 4.32. The molecule has 0 spiro atoms. The van der Waals surface area contributed by atoms with Gasteiger partial charge in [-0.15, -0.1) is 0 Å². The topological polar surface area (TPSA) is 78.1 Å². The van der Waals surface area contributed by atoms with Crippen LogP contribution in [0.5, 0.6) is 0 Å². The first-order chi connectivity index (χ1) is 4.96. The lowest BCUT2D eigenvalue weighted by Gasteiger charge is -2.43. The predicted molar refractivity (Wildman–Crippen MR) is 46.8 cm³/mol. The summed E-state index contributed by atoms with van der Waals surface area (Å²) in [5, 5.41) is 0. The predicted octanol–water partition coefficient (Wildman–Crippen LogP) is 0.282. The van der Waals surface area contributed by atoms with E-state index in [1.54, 1.807) is 0 Å². The highest BCUT2D eigenvalue weighted by Gasteiger charge is 2.39. The molecule has 1 aliphatic rings. The van der Waals surface area contributed by atoms with Crippen molar-refractivity contribution < 1.29 is 0 Å². The fourth-order valence-corrected chi connectivity index (χ4v) is 1.72. The van der Waals surface area contributed by atoms with E-state index in [9.17, 15) is 0 Å². The maximum absolute atomic E-state index is 6.09. The van der Waals surface area contributed by atoms with Gasteiger partial charge < -0.3 is 17.2 Å². The quantitative estimate of drug-likeness (QED) is 0.478. The van der Waals surface area contributed by atoms with Crippen LogP contribution >= 0.6 is 0 Å². The van der Waals surface area contributed by atoms with Crippen LogP contribution in [-0.2, 0) is 0 Å². The van der Waals surface area contributed by atoms with Gasteiger partial charge in [0.1, 0.15) is 0 Å². The molecule has 1 saturated carbocycles. The van der Waals surface area contributed by atoms with Gasteiger partial charge in [-0.1, -0.05) is 19.3 Å². The average Bonchev–Trinajstić information content (AvgIpc) is 1.87. The van der Waals surface area contributed by atoms with E-state index in [0.29, 0.717) is 0 Å². The Bertz CT molecular complexity index is 131. The van der Waals surface area contributed by atoms with E-state index in [-0.39, 0.29) is 5.54 Å². The van der Waals surface area contributed by atoms with Gasteiger partial charge in [-0.25, -0.2) is 0 Å². The molecule has 0 aromatic rings. The summed E-state index contributed by atoms with van der Waals surface area (Å²) in [6, 6.07) is 0. The molecular weight excluding hydrogens is 138 g/mol. The monoisotopic (exact) mass is 157 g/mol. The summed E-state index contributed by atoms with van der Waals surface area (Å²) in [4.78, 5) is 0. The molecule has 6 N–H and O–H groups in total. The van der Waals surface area contributed by atoms with E-state index < -0.39 is 5.66 Å². The molecule has 0 aromatic carbocycles. The molecule has 0 bridgehead atoms. The third-order valence-corrected chi connectivity index (χ3v) is 2.82. The Kier molecular flexibility index (Phi) is 2.23. The van der Waals surface area contributed by atoms with Crippen molar-refractivity contribution in [3.8, 4) is 0 Å². The minimum atomic E-state index is -0.715. The lowest BCUT2D eigenvalue weighted by atomic mass is 9.75. The molecule has 0 atom stereocenters. The van der Waals surface area contributed by atoms with Crippen molar-refractivity contribution in [3.05, 3.63) is 0 Å². The van der Waals surface area contributed by atoms with Gasteiger partial charge in [-0.2, -0.15) is 0 Å². The van der Waals surface area contributed by atoms with Crippen LogP contribution in [0.1, 0.15) is 39.0 Å². The molecule has 1 fully saturated rings. The average molecular weight is 157 g/mol. The van der Waals surface area contributed by atoms with Gasteiger partial charge in [-0.3, -0.25) is 0 Å². The summed E-state index contributed by atoms with van der Waals surface area (Å²) in [6.45, 7) is 1.82. The zero-order valence-corrected chi connectivity index (χ0v) is 7.27. The van der Waals surface area contributed by atoms with Crippen molar-refractivity contribution >= 4 is 0 Å². The molecule has 0 aliphatic heterocycles. The van der Waals surface area contributed by atoms with Crippen LogP contribution in [0.4, 0.5) is 0 Å². The fourth-order valence-electron chi connectivity index (χ4n) is 1.72. The molecule has 3 nitrogen and oxygen atoms in total. The Hall–Kier alpha value is -0.120. The first-order valence-corrected chi connectivity index (χ1v) is 4.32. The van der Waals surface area contributed by atoms with Crippen molar-refractivity contribution in [2.75, 3.05) is 0 Å². The van der Waals surface area contributed by atoms with E-state index in [4.69, 9.17) is 17.2 Å². The summed E-state index contributed by atoms with van der Waals surface area (Å²) in [7, 11) is 0. The van der Waals surface area contributed by atoms with Gasteiger partial charge in [0.2, 0.25) is 0 Å². The standard InChI is InChI=1S/C8H19N3/c1-7(9,10)8(11)5-3-2-4-6-8/h2-6,9-11H2,1H3. The minimum absolute atomic E-state index is 0.328. The molecule has 0 aromatic heterocycles. The third kappa shape index (κ3) is 1.72. The Morgan fingerprint density at radius 1 is 1.09 bits per heavy atom. The van der Waals surface area contributed by atoms with E-state index in [1.807, 2.05) is 6.92 Å². The Morgan fingerprint density at radius 3 is 1.82 bits per heavy atom. The molecule has 0 radical (unpaired) electrons. The second kappa shape index (κ2) is 2.73. The Labute approximate surface area is 68.3 Å². The number of hydrogen-bond acceptors (Lipinski definition) is 3. The highest BCUT2D eigenvalue weighted by Crippen LogP contribution is 2.30.